The van der Waals surface area contributed by atoms with Gasteiger partial charge in [0.2, 0.25) is 0 Å². The van der Waals surface area contributed by atoms with Gasteiger partial charge < -0.3 is 9.47 Å². The molecule has 7 heteroatoms. The number of hydrazone groups is 1. The number of nitrogens with zero attached hydrogens (tertiary/aromatic N) is 2. The lowest BCUT2D eigenvalue weighted by Crippen LogP contribution is -2.42. The summed E-state index contributed by atoms with van der Waals surface area (Å²) >= 11 is 3.46. The predicted octanol–water partition coefficient (Wildman–Crippen LogP) is 2.81. The number of hydrogen-bond donors (Lipinski definition) is 1. The van der Waals surface area contributed by atoms with Crippen LogP contribution < -0.4 is 10.2 Å². The maximum Gasteiger partial charge on any atom is 0.254 e. The van der Waals surface area contributed by atoms with Gasteiger partial charge in [0.25, 0.3) is 5.91 Å². The van der Waals surface area contributed by atoms with Gasteiger partial charge in [-0.05, 0) is 23.8 Å². The maximum atomic E-state index is 12.0. The number of rotatable bonds is 7. The highest BCUT2D eigenvalue weighted by Gasteiger charge is 2.13. The number of halogens is 1. The predicted molar refractivity (Wildman–Crippen MR) is 108 cm³/mol. The Hall–Kier alpha value is -2.22. The minimum Gasteiger partial charge on any atom is -0.488 e. The molecule has 1 saturated heterocycles. The molecule has 0 aromatic heterocycles. The van der Waals surface area contributed by atoms with Crippen molar-refractivity contribution < 1.29 is 14.3 Å². The average Bonchev–Trinajstić information content (AvgIpc) is 2.69. The van der Waals surface area contributed by atoms with Crippen LogP contribution >= 0.6 is 15.9 Å². The summed E-state index contributed by atoms with van der Waals surface area (Å²) in [6.45, 7) is 3.64. The molecule has 0 unspecified atom stereocenters. The van der Waals surface area contributed by atoms with Crippen LogP contribution in [0.25, 0.3) is 0 Å². The summed E-state index contributed by atoms with van der Waals surface area (Å²) in [5.41, 5.74) is 4.45. The first kappa shape index (κ1) is 19.5. The Morgan fingerprint density at radius 3 is 2.78 bits per heavy atom. The van der Waals surface area contributed by atoms with E-state index in [0.29, 0.717) is 32.1 Å². The fourth-order valence-corrected chi connectivity index (χ4v) is 3.04. The Bertz CT molecular complexity index is 777. The van der Waals surface area contributed by atoms with Crippen LogP contribution in [0.1, 0.15) is 11.1 Å². The molecule has 1 fully saturated rings. The molecule has 2 aromatic carbocycles. The molecule has 1 aliphatic heterocycles. The lowest BCUT2D eigenvalue weighted by Gasteiger charge is -2.25. The first-order chi connectivity index (χ1) is 13.2. The molecule has 27 heavy (non-hydrogen) atoms. The summed E-state index contributed by atoms with van der Waals surface area (Å²) in [5.74, 6) is 0.558. The lowest BCUT2D eigenvalue weighted by molar-refractivity contribution is -0.123. The smallest absolute Gasteiger partial charge is 0.254 e. The zero-order valence-corrected chi connectivity index (χ0v) is 16.5. The minimum atomic E-state index is -0.144. The highest BCUT2D eigenvalue weighted by Crippen LogP contribution is 2.22. The van der Waals surface area contributed by atoms with Crippen molar-refractivity contribution in [2.75, 3.05) is 32.8 Å². The van der Waals surface area contributed by atoms with Crippen LogP contribution in [0.3, 0.4) is 0 Å². The van der Waals surface area contributed by atoms with Crippen molar-refractivity contribution in [3.8, 4) is 5.75 Å². The molecule has 142 valence electrons. The van der Waals surface area contributed by atoms with Crippen LogP contribution in [0, 0.1) is 0 Å². The molecule has 6 nitrogen and oxygen atoms in total. The second-order valence-corrected chi connectivity index (χ2v) is 7.05. The molecule has 1 amide bonds. The van der Waals surface area contributed by atoms with Crippen LogP contribution in [0.2, 0.25) is 0 Å². The summed E-state index contributed by atoms with van der Waals surface area (Å²) in [4.78, 5) is 14.1. The molecule has 0 bridgehead atoms. The first-order valence-corrected chi connectivity index (χ1v) is 9.58. The Kier molecular flexibility index (Phi) is 7.38. The quantitative estimate of drug-likeness (QED) is 0.540. The SMILES string of the molecule is O=C(CN1CCOCC1)N/N=C/c1cc(Br)ccc1OCc1ccccc1. The highest BCUT2D eigenvalue weighted by molar-refractivity contribution is 9.10. The Morgan fingerprint density at radius 2 is 2.00 bits per heavy atom. The number of ether oxygens (including phenoxy) is 2. The van der Waals surface area contributed by atoms with Gasteiger partial charge in [0.05, 0.1) is 26.0 Å². The Labute approximate surface area is 167 Å². The van der Waals surface area contributed by atoms with Gasteiger partial charge in [-0.15, -0.1) is 0 Å². The normalized spacial score (nSPS) is 15.0. The van der Waals surface area contributed by atoms with E-state index in [2.05, 4.69) is 26.5 Å². The van der Waals surface area contributed by atoms with E-state index in [1.54, 1.807) is 6.21 Å². The topological polar surface area (TPSA) is 63.2 Å². The monoisotopic (exact) mass is 431 g/mol. The van der Waals surface area contributed by atoms with Crippen molar-refractivity contribution in [1.29, 1.82) is 0 Å². The molecule has 3 rings (SSSR count). The molecule has 1 heterocycles. The number of benzene rings is 2. The van der Waals surface area contributed by atoms with E-state index in [0.717, 1.165) is 28.7 Å². The lowest BCUT2D eigenvalue weighted by atomic mass is 10.2. The van der Waals surface area contributed by atoms with Crippen LogP contribution in [0.4, 0.5) is 0 Å². The fraction of sp³-hybridized carbons (Fsp3) is 0.300. The Morgan fingerprint density at radius 1 is 1.22 bits per heavy atom. The summed E-state index contributed by atoms with van der Waals surface area (Å²) in [7, 11) is 0. The van der Waals surface area contributed by atoms with Gasteiger partial charge >= 0.3 is 0 Å². The molecule has 1 N–H and O–H groups in total. The molecule has 0 aliphatic carbocycles. The van der Waals surface area contributed by atoms with Crippen LogP contribution in [-0.4, -0.2) is 49.9 Å². The summed E-state index contributed by atoms with van der Waals surface area (Å²) in [6, 6.07) is 15.6. The van der Waals surface area contributed by atoms with Gasteiger partial charge in [-0.3, -0.25) is 9.69 Å². The van der Waals surface area contributed by atoms with Gasteiger partial charge in [-0.2, -0.15) is 5.10 Å². The summed E-state index contributed by atoms with van der Waals surface area (Å²) in [5, 5.41) is 4.08. The average molecular weight is 432 g/mol. The van der Waals surface area contributed by atoms with Gasteiger partial charge in [0.1, 0.15) is 12.4 Å². The molecule has 0 saturated carbocycles. The number of carbonyl (C=O) groups is 1. The zero-order chi connectivity index (χ0) is 18.9. The van der Waals surface area contributed by atoms with Gasteiger partial charge in [-0.1, -0.05) is 46.3 Å². The Balaban J connectivity index is 1.57. The fourth-order valence-electron chi connectivity index (χ4n) is 2.66. The number of nitrogens with one attached hydrogen (secondary N) is 1. The zero-order valence-electron chi connectivity index (χ0n) is 14.9. The number of amides is 1. The van der Waals surface area contributed by atoms with E-state index in [9.17, 15) is 4.79 Å². The van der Waals surface area contributed by atoms with E-state index in [4.69, 9.17) is 9.47 Å². The highest BCUT2D eigenvalue weighted by atomic mass is 79.9. The van der Waals surface area contributed by atoms with Gasteiger partial charge in [0, 0.05) is 23.1 Å². The number of carbonyl (C=O) groups excluding carboxylic acids is 1. The van der Waals surface area contributed by atoms with Crippen molar-refractivity contribution in [2.24, 2.45) is 5.10 Å². The molecule has 2 aromatic rings. The minimum absolute atomic E-state index is 0.144. The third-order valence-corrected chi connectivity index (χ3v) is 4.57. The number of morpholine rings is 1. The molecule has 0 atom stereocenters. The van der Waals surface area contributed by atoms with Crippen LogP contribution in [0.5, 0.6) is 5.75 Å². The van der Waals surface area contributed by atoms with Crippen molar-refractivity contribution in [1.82, 2.24) is 10.3 Å². The maximum absolute atomic E-state index is 12.0. The summed E-state index contributed by atoms with van der Waals surface area (Å²) < 4.78 is 12.1. The van der Waals surface area contributed by atoms with E-state index < -0.39 is 0 Å². The first-order valence-electron chi connectivity index (χ1n) is 8.79. The van der Waals surface area contributed by atoms with E-state index in [1.165, 1.54) is 0 Å². The van der Waals surface area contributed by atoms with E-state index in [-0.39, 0.29) is 5.91 Å². The van der Waals surface area contributed by atoms with Crippen LogP contribution in [-0.2, 0) is 16.1 Å². The number of hydrogen-bond acceptors (Lipinski definition) is 5. The van der Waals surface area contributed by atoms with Gasteiger partial charge in [0.15, 0.2) is 0 Å². The molecule has 0 spiro atoms. The van der Waals surface area contributed by atoms with Gasteiger partial charge in [-0.25, -0.2) is 5.43 Å². The van der Waals surface area contributed by atoms with E-state index in [1.807, 2.05) is 53.4 Å². The largest absolute Gasteiger partial charge is 0.488 e. The van der Waals surface area contributed by atoms with Crippen molar-refractivity contribution in [3.63, 3.8) is 0 Å². The standard InChI is InChI=1S/C20H22BrN3O3/c21-18-6-7-19(27-15-16-4-2-1-3-5-16)17(12-18)13-22-23-20(25)14-24-8-10-26-11-9-24/h1-7,12-13H,8-11,14-15H2,(H,23,25)/b22-13+. The summed E-state index contributed by atoms with van der Waals surface area (Å²) in [6.07, 6.45) is 1.60. The van der Waals surface area contributed by atoms with Crippen molar-refractivity contribution >= 4 is 28.1 Å². The van der Waals surface area contributed by atoms with Crippen molar-refractivity contribution in [3.05, 3.63) is 64.1 Å². The molecule has 0 radical (unpaired) electrons. The third-order valence-electron chi connectivity index (χ3n) is 4.07. The van der Waals surface area contributed by atoms with Crippen LogP contribution in [0.15, 0.2) is 58.1 Å². The van der Waals surface area contributed by atoms with E-state index >= 15 is 0 Å². The third kappa shape index (κ3) is 6.46. The van der Waals surface area contributed by atoms with Crippen molar-refractivity contribution in [2.45, 2.75) is 6.61 Å². The molecule has 1 aliphatic rings. The molecular formula is C20H22BrN3O3. The molecular weight excluding hydrogens is 410 g/mol. The second-order valence-electron chi connectivity index (χ2n) is 6.14. The second kappa shape index (κ2) is 10.2.